The number of rotatable bonds is 21. The van der Waals surface area contributed by atoms with Crippen LogP contribution in [0.25, 0.3) is 0 Å². The molecule has 57 heavy (non-hydrogen) atoms. The van der Waals surface area contributed by atoms with Crippen LogP contribution in [0.5, 0.6) is 5.75 Å². The molecule has 0 bridgehead atoms. The summed E-state index contributed by atoms with van der Waals surface area (Å²) in [7, 11) is 0. The molecule has 0 radical (unpaired) electrons. The van der Waals surface area contributed by atoms with Gasteiger partial charge in [-0.1, -0.05) is 76.2 Å². The number of benzene rings is 2. The molecule has 2 aromatic rings. The van der Waals surface area contributed by atoms with Gasteiger partial charge in [-0.3, -0.25) is 29.0 Å². The van der Waals surface area contributed by atoms with Crippen molar-refractivity contribution in [2.75, 3.05) is 13.1 Å². The van der Waals surface area contributed by atoms with Gasteiger partial charge in [-0.05, 0) is 60.8 Å². The van der Waals surface area contributed by atoms with Crippen molar-refractivity contribution in [2.24, 2.45) is 34.4 Å². The fourth-order valence-corrected chi connectivity index (χ4v) is 7.21. The number of allylic oxidation sites excluding steroid dienone is 1. The number of phenolic OH excluding ortho intramolecular Hbond substituents is 1. The van der Waals surface area contributed by atoms with E-state index < -0.39 is 65.6 Å². The summed E-state index contributed by atoms with van der Waals surface area (Å²) >= 11 is 0. The number of carboxylic acid groups (broad SMARTS) is 1. The fourth-order valence-electron chi connectivity index (χ4n) is 7.21. The Kier molecular flexibility index (Phi) is 16.5. The first-order valence-electron chi connectivity index (χ1n) is 19.9. The molecule has 6 atom stereocenters. The van der Waals surface area contributed by atoms with Crippen LogP contribution in [0.4, 0.5) is 0 Å². The van der Waals surface area contributed by atoms with Gasteiger partial charge in [-0.2, -0.15) is 0 Å². The summed E-state index contributed by atoms with van der Waals surface area (Å²) in [6.07, 6.45) is 5.60. The van der Waals surface area contributed by atoms with E-state index in [4.69, 9.17) is 5.73 Å². The SMILES string of the molecule is CC(C)CC(CNC(=O)C(CC(=O)C(N)C(C)C)Cc1ccc(O)cc1)C(=O)NC(CC1=CCC=N1)C(=O)N1CCCC1C(=O)NC(Cc1ccccc1)C(=O)O. The minimum atomic E-state index is -1.20. The molecule has 1 saturated heterocycles. The number of aliphatic carboxylic acids is 1. The number of likely N-dealkylation sites (tertiary alicyclic amines) is 1. The van der Waals surface area contributed by atoms with E-state index in [2.05, 4.69) is 20.9 Å². The van der Waals surface area contributed by atoms with Crippen molar-refractivity contribution in [1.29, 1.82) is 0 Å². The zero-order chi connectivity index (χ0) is 41.6. The molecule has 2 aliphatic heterocycles. The lowest BCUT2D eigenvalue weighted by atomic mass is 9.88. The Hall–Kier alpha value is -5.37. The number of carbonyl (C=O) groups is 6. The maximum Gasteiger partial charge on any atom is 0.326 e. The highest BCUT2D eigenvalue weighted by Crippen LogP contribution is 2.24. The van der Waals surface area contributed by atoms with Gasteiger partial charge >= 0.3 is 5.97 Å². The van der Waals surface area contributed by atoms with E-state index in [0.29, 0.717) is 31.4 Å². The average molecular weight is 787 g/mol. The summed E-state index contributed by atoms with van der Waals surface area (Å²) in [5, 5.41) is 28.1. The fraction of sp³-hybridized carbons (Fsp3) is 0.512. The second kappa shape index (κ2) is 21.2. The molecular formula is C43H58N6O8. The third kappa shape index (κ3) is 13.4. The standard InChI is InChI=1S/C43H58N6O8/c1-26(2)20-31(25-46-39(52)30(23-37(51)38(44)27(3)4)21-29-14-16-33(50)17-15-29)40(53)47-34(24-32-12-8-18-45-32)42(55)49-19-9-13-36(49)41(54)48-35(43(56)57)22-28-10-6-5-7-11-28/h5-7,10-12,14-18,26-27,30-31,34-36,38,50H,8-9,13,19-25,44H2,1-4H3,(H,46,52)(H,47,53)(H,48,54)(H,56,57). The van der Waals surface area contributed by atoms with E-state index >= 15 is 0 Å². The van der Waals surface area contributed by atoms with Gasteiger partial charge in [0.15, 0.2) is 5.78 Å². The molecule has 6 unspecified atom stereocenters. The van der Waals surface area contributed by atoms with E-state index in [1.807, 2.05) is 39.8 Å². The molecule has 308 valence electrons. The van der Waals surface area contributed by atoms with Gasteiger partial charge in [-0.25, -0.2) is 4.79 Å². The molecular weight excluding hydrogens is 729 g/mol. The Bertz CT molecular complexity index is 1780. The lowest BCUT2D eigenvalue weighted by Gasteiger charge is -2.30. The topological polar surface area (TPSA) is 221 Å². The maximum absolute atomic E-state index is 14.3. The van der Waals surface area contributed by atoms with Crippen LogP contribution in [-0.4, -0.2) is 94.0 Å². The summed E-state index contributed by atoms with van der Waals surface area (Å²) in [4.78, 5) is 86.8. The Morgan fingerprint density at radius 2 is 1.54 bits per heavy atom. The molecule has 0 aromatic heterocycles. The van der Waals surface area contributed by atoms with Crippen molar-refractivity contribution in [1.82, 2.24) is 20.9 Å². The lowest BCUT2D eigenvalue weighted by Crippen LogP contribution is -2.56. The van der Waals surface area contributed by atoms with Crippen molar-refractivity contribution < 1.29 is 39.0 Å². The largest absolute Gasteiger partial charge is 0.508 e. The first kappa shape index (κ1) is 44.3. The van der Waals surface area contributed by atoms with Crippen LogP contribution in [0.2, 0.25) is 0 Å². The summed E-state index contributed by atoms with van der Waals surface area (Å²) in [6.45, 7) is 7.74. The zero-order valence-electron chi connectivity index (χ0n) is 33.4. The van der Waals surface area contributed by atoms with Gasteiger partial charge in [0.2, 0.25) is 23.6 Å². The van der Waals surface area contributed by atoms with Crippen LogP contribution in [-0.2, 0) is 41.6 Å². The third-order valence-electron chi connectivity index (χ3n) is 10.5. The lowest BCUT2D eigenvalue weighted by molar-refractivity contribution is -0.145. The highest BCUT2D eigenvalue weighted by Gasteiger charge is 2.40. The van der Waals surface area contributed by atoms with Crippen LogP contribution in [0, 0.1) is 23.7 Å². The van der Waals surface area contributed by atoms with Gasteiger partial charge in [0.05, 0.1) is 12.0 Å². The summed E-state index contributed by atoms with van der Waals surface area (Å²) in [6, 6.07) is 11.4. The Balaban J connectivity index is 1.49. The summed E-state index contributed by atoms with van der Waals surface area (Å²) < 4.78 is 0. The number of ketones is 1. The Labute approximate surface area is 334 Å². The van der Waals surface area contributed by atoms with E-state index in [1.165, 1.54) is 17.0 Å². The highest BCUT2D eigenvalue weighted by atomic mass is 16.4. The number of carbonyl (C=O) groups excluding carboxylic acids is 5. The van der Waals surface area contributed by atoms with Crippen LogP contribution in [0.15, 0.2) is 71.4 Å². The molecule has 2 heterocycles. The number of phenols is 1. The molecule has 14 nitrogen and oxygen atoms in total. The van der Waals surface area contributed by atoms with Crippen molar-refractivity contribution in [2.45, 2.75) is 103 Å². The number of Topliss-reactive ketones (excluding diaryl/α,β-unsaturated/α-hetero) is 1. The summed E-state index contributed by atoms with van der Waals surface area (Å²) in [5.41, 5.74) is 8.23. The summed E-state index contributed by atoms with van der Waals surface area (Å²) in [5.74, 6) is -4.96. The molecule has 0 spiro atoms. The van der Waals surface area contributed by atoms with Gasteiger partial charge < -0.3 is 36.8 Å². The van der Waals surface area contributed by atoms with Crippen molar-refractivity contribution >= 4 is 41.6 Å². The molecule has 7 N–H and O–H groups in total. The molecule has 0 saturated carbocycles. The second-order valence-electron chi connectivity index (χ2n) is 15.9. The molecule has 2 aromatic carbocycles. The second-order valence-corrected chi connectivity index (χ2v) is 15.9. The number of aromatic hydroxyl groups is 1. The molecule has 4 rings (SSSR count). The minimum absolute atomic E-state index is 0.0390. The number of hydrogen-bond donors (Lipinski definition) is 6. The predicted octanol–water partition coefficient (Wildman–Crippen LogP) is 3.31. The first-order chi connectivity index (χ1) is 27.1. The van der Waals surface area contributed by atoms with E-state index in [0.717, 1.165) is 11.1 Å². The smallest absolute Gasteiger partial charge is 0.326 e. The van der Waals surface area contributed by atoms with E-state index in [9.17, 15) is 39.0 Å². The number of nitrogens with two attached hydrogens (primary N) is 1. The van der Waals surface area contributed by atoms with Crippen molar-refractivity contribution in [3.8, 4) is 5.75 Å². The number of hydrogen-bond acceptors (Lipinski definition) is 9. The van der Waals surface area contributed by atoms with Crippen molar-refractivity contribution in [3.63, 3.8) is 0 Å². The molecule has 0 aliphatic carbocycles. The average Bonchev–Trinajstić information content (AvgIpc) is 3.89. The van der Waals surface area contributed by atoms with E-state index in [-0.39, 0.29) is 62.1 Å². The molecule has 4 amide bonds. The third-order valence-corrected chi connectivity index (χ3v) is 10.5. The van der Waals surface area contributed by atoms with Crippen LogP contribution >= 0.6 is 0 Å². The van der Waals surface area contributed by atoms with Gasteiger partial charge in [0, 0.05) is 56.6 Å². The van der Waals surface area contributed by atoms with Gasteiger partial charge in [0.1, 0.15) is 23.9 Å². The molecule has 2 aliphatic rings. The van der Waals surface area contributed by atoms with E-state index in [1.54, 1.807) is 42.6 Å². The normalized spacial score (nSPS) is 17.7. The van der Waals surface area contributed by atoms with Crippen LogP contribution in [0.1, 0.15) is 77.3 Å². The monoisotopic (exact) mass is 786 g/mol. The quantitative estimate of drug-likeness (QED) is 0.109. The highest BCUT2D eigenvalue weighted by molar-refractivity contribution is 5.95. The minimum Gasteiger partial charge on any atom is -0.508 e. The number of amides is 4. The predicted molar refractivity (Wildman–Crippen MR) is 216 cm³/mol. The van der Waals surface area contributed by atoms with Crippen molar-refractivity contribution in [3.05, 3.63) is 77.5 Å². The number of carboxylic acids is 1. The maximum atomic E-state index is 14.3. The molecule has 1 fully saturated rings. The first-order valence-corrected chi connectivity index (χ1v) is 19.9. The van der Waals surface area contributed by atoms with Gasteiger partial charge in [-0.15, -0.1) is 0 Å². The number of nitrogens with one attached hydrogen (secondary N) is 3. The number of nitrogens with zero attached hydrogens (tertiary/aromatic N) is 2. The Morgan fingerprint density at radius 3 is 2.16 bits per heavy atom. The zero-order valence-corrected chi connectivity index (χ0v) is 33.4. The number of aliphatic imine (C=N–C) groups is 1. The Morgan fingerprint density at radius 1 is 0.860 bits per heavy atom. The van der Waals surface area contributed by atoms with Crippen LogP contribution < -0.4 is 21.7 Å². The van der Waals surface area contributed by atoms with Crippen LogP contribution in [0.3, 0.4) is 0 Å². The molecule has 14 heteroatoms. The van der Waals surface area contributed by atoms with Gasteiger partial charge in [0.25, 0.3) is 0 Å².